The quantitative estimate of drug-likeness (QED) is 0.680. The zero-order valence-electron chi connectivity index (χ0n) is 15.4. The van der Waals surface area contributed by atoms with E-state index in [1.54, 1.807) is 32.5 Å². The Morgan fingerprint density at radius 3 is 2.48 bits per heavy atom. The van der Waals surface area contributed by atoms with E-state index in [4.69, 9.17) is 13.9 Å². The van der Waals surface area contributed by atoms with Gasteiger partial charge in [-0.15, -0.1) is 0 Å². The number of methoxy groups -OCH3 is 2. The molecule has 0 radical (unpaired) electrons. The molecule has 27 heavy (non-hydrogen) atoms. The maximum absolute atomic E-state index is 13.1. The van der Waals surface area contributed by atoms with E-state index in [0.717, 1.165) is 36.6 Å². The zero-order valence-corrected chi connectivity index (χ0v) is 15.4. The molecule has 0 amide bonds. The van der Waals surface area contributed by atoms with Crippen molar-refractivity contribution in [3.63, 3.8) is 0 Å². The normalized spacial score (nSPS) is 14.0. The van der Waals surface area contributed by atoms with Gasteiger partial charge >= 0.3 is 0 Å². The van der Waals surface area contributed by atoms with Crippen LogP contribution in [0.15, 0.2) is 47.0 Å². The summed E-state index contributed by atoms with van der Waals surface area (Å²) >= 11 is 0. The minimum atomic E-state index is -0.266. The summed E-state index contributed by atoms with van der Waals surface area (Å²) in [6.45, 7) is 2.33. The molecule has 2 aromatic carbocycles. The minimum absolute atomic E-state index is 0.266. The second-order valence-corrected chi connectivity index (χ2v) is 6.56. The molecule has 0 atom stereocenters. The molecule has 6 heteroatoms. The molecule has 0 saturated heterocycles. The third kappa shape index (κ3) is 3.66. The second-order valence-electron chi connectivity index (χ2n) is 6.56. The van der Waals surface area contributed by atoms with E-state index < -0.39 is 0 Å². The van der Waals surface area contributed by atoms with Gasteiger partial charge in [0.15, 0.2) is 17.3 Å². The van der Waals surface area contributed by atoms with Gasteiger partial charge in [0.05, 0.1) is 27.0 Å². The van der Waals surface area contributed by atoms with Crippen molar-refractivity contribution in [2.24, 2.45) is 0 Å². The van der Waals surface area contributed by atoms with E-state index in [-0.39, 0.29) is 5.82 Å². The van der Waals surface area contributed by atoms with Gasteiger partial charge in [0.25, 0.3) is 0 Å². The molecule has 5 nitrogen and oxygen atoms in total. The molecule has 140 valence electrons. The van der Waals surface area contributed by atoms with Gasteiger partial charge in [-0.2, -0.15) is 0 Å². The highest BCUT2D eigenvalue weighted by molar-refractivity contribution is 5.56. The summed E-state index contributed by atoms with van der Waals surface area (Å²) in [6.07, 6.45) is 2.62. The molecule has 1 aliphatic heterocycles. The van der Waals surface area contributed by atoms with Crippen LogP contribution in [-0.4, -0.2) is 30.6 Å². The molecule has 2 heterocycles. The van der Waals surface area contributed by atoms with Gasteiger partial charge in [-0.1, -0.05) is 0 Å². The summed E-state index contributed by atoms with van der Waals surface area (Å²) in [5.74, 6) is 2.54. The molecule has 0 bridgehead atoms. The Morgan fingerprint density at radius 2 is 1.78 bits per heavy atom. The maximum atomic E-state index is 13.1. The van der Waals surface area contributed by atoms with Crippen LogP contribution >= 0.6 is 0 Å². The Balaban J connectivity index is 1.48. The van der Waals surface area contributed by atoms with Crippen molar-refractivity contribution < 1.29 is 18.3 Å². The number of nitrogens with zero attached hydrogens (tertiary/aromatic N) is 2. The topological polar surface area (TPSA) is 47.7 Å². The first kappa shape index (κ1) is 17.5. The molecule has 3 aromatic rings. The van der Waals surface area contributed by atoms with Gasteiger partial charge in [0.2, 0.25) is 5.89 Å². The summed E-state index contributed by atoms with van der Waals surface area (Å²) in [5, 5.41) is 0. The smallest absolute Gasteiger partial charge is 0.209 e. The van der Waals surface area contributed by atoms with Crippen molar-refractivity contribution >= 4 is 0 Å². The van der Waals surface area contributed by atoms with Gasteiger partial charge < -0.3 is 13.9 Å². The van der Waals surface area contributed by atoms with Crippen molar-refractivity contribution in [3.8, 4) is 22.8 Å². The van der Waals surface area contributed by atoms with E-state index in [1.165, 1.54) is 23.3 Å². The Labute approximate surface area is 157 Å². The van der Waals surface area contributed by atoms with Crippen molar-refractivity contribution in [1.29, 1.82) is 0 Å². The number of fused-ring (bicyclic) bond motifs is 1. The molecule has 0 aliphatic carbocycles. The van der Waals surface area contributed by atoms with E-state index in [0.29, 0.717) is 18.2 Å². The molecular formula is C21H21FN2O3. The number of hydrogen-bond donors (Lipinski definition) is 0. The fourth-order valence-corrected chi connectivity index (χ4v) is 3.40. The van der Waals surface area contributed by atoms with Crippen molar-refractivity contribution in [2.75, 3.05) is 20.8 Å². The van der Waals surface area contributed by atoms with E-state index in [1.807, 2.05) is 6.07 Å². The van der Waals surface area contributed by atoms with Crippen LogP contribution in [0.25, 0.3) is 11.3 Å². The average molecular weight is 368 g/mol. The van der Waals surface area contributed by atoms with Gasteiger partial charge in [-0.3, -0.25) is 4.90 Å². The van der Waals surface area contributed by atoms with Crippen molar-refractivity contribution in [3.05, 3.63) is 65.4 Å². The predicted molar refractivity (Wildman–Crippen MR) is 99.3 cm³/mol. The maximum Gasteiger partial charge on any atom is 0.209 e. The highest BCUT2D eigenvalue weighted by atomic mass is 19.1. The Kier molecular flexibility index (Phi) is 4.81. The molecular weight excluding hydrogens is 347 g/mol. The predicted octanol–water partition coefficient (Wildman–Crippen LogP) is 4.06. The largest absolute Gasteiger partial charge is 0.493 e. The molecule has 0 unspecified atom stereocenters. The summed E-state index contributed by atoms with van der Waals surface area (Å²) in [4.78, 5) is 6.67. The lowest BCUT2D eigenvalue weighted by Gasteiger charge is -2.28. The highest BCUT2D eigenvalue weighted by Gasteiger charge is 2.21. The summed E-state index contributed by atoms with van der Waals surface area (Å²) in [6, 6.07) is 10.3. The minimum Gasteiger partial charge on any atom is -0.493 e. The van der Waals surface area contributed by atoms with Crippen LogP contribution in [0.5, 0.6) is 11.5 Å². The van der Waals surface area contributed by atoms with Gasteiger partial charge in [0, 0.05) is 18.7 Å². The molecule has 0 N–H and O–H groups in total. The number of ether oxygens (including phenoxy) is 2. The summed E-state index contributed by atoms with van der Waals surface area (Å²) in [7, 11) is 3.30. The third-order valence-corrected chi connectivity index (χ3v) is 4.84. The van der Waals surface area contributed by atoms with Crippen LogP contribution < -0.4 is 9.47 Å². The fraction of sp³-hybridized carbons (Fsp3) is 0.286. The van der Waals surface area contributed by atoms with Crippen molar-refractivity contribution in [2.45, 2.75) is 19.5 Å². The van der Waals surface area contributed by atoms with Crippen LogP contribution in [-0.2, 0) is 19.5 Å². The van der Waals surface area contributed by atoms with Crippen LogP contribution in [0, 0.1) is 5.82 Å². The molecule has 1 aromatic heterocycles. The molecule has 0 spiro atoms. The molecule has 4 rings (SSSR count). The lowest BCUT2D eigenvalue weighted by atomic mass is 9.99. The number of aromatic nitrogens is 1. The Bertz CT molecular complexity index is 937. The molecule has 1 aliphatic rings. The number of benzene rings is 2. The first-order valence-electron chi connectivity index (χ1n) is 8.83. The number of oxazole rings is 1. The highest BCUT2D eigenvalue weighted by Crippen LogP contribution is 2.33. The van der Waals surface area contributed by atoms with Crippen LogP contribution in [0.1, 0.15) is 17.0 Å². The fourth-order valence-electron chi connectivity index (χ4n) is 3.40. The Morgan fingerprint density at radius 1 is 1.07 bits per heavy atom. The standard InChI is InChI=1S/C21H21FN2O3/c1-25-18-9-15-7-8-24(12-16(15)10-19(18)26-2)13-21-23-11-20(27-21)14-3-5-17(22)6-4-14/h3-6,9-11H,7-8,12-13H2,1-2H3. The number of halogens is 1. The second kappa shape index (κ2) is 7.40. The Hall–Kier alpha value is -2.86. The van der Waals surface area contributed by atoms with Gasteiger partial charge in [-0.05, 0) is 53.9 Å². The first-order valence-corrected chi connectivity index (χ1v) is 8.83. The lowest BCUT2D eigenvalue weighted by molar-refractivity contribution is 0.221. The van der Waals surface area contributed by atoms with Crippen LogP contribution in [0.3, 0.4) is 0 Å². The lowest BCUT2D eigenvalue weighted by Crippen LogP contribution is -2.30. The van der Waals surface area contributed by atoms with E-state index in [2.05, 4.69) is 16.0 Å². The summed E-state index contributed by atoms with van der Waals surface area (Å²) in [5.41, 5.74) is 3.32. The number of rotatable bonds is 5. The van der Waals surface area contributed by atoms with E-state index >= 15 is 0 Å². The van der Waals surface area contributed by atoms with Crippen LogP contribution in [0.2, 0.25) is 0 Å². The molecule has 0 saturated carbocycles. The van der Waals surface area contributed by atoms with Gasteiger partial charge in [-0.25, -0.2) is 9.37 Å². The SMILES string of the molecule is COc1cc2c(cc1OC)CN(Cc1ncc(-c3ccc(F)cc3)o1)CC2. The zero-order chi connectivity index (χ0) is 18.8. The monoisotopic (exact) mass is 368 g/mol. The third-order valence-electron chi connectivity index (χ3n) is 4.84. The van der Waals surface area contributed by atoms with E-state index in [9.17, 15) is 4.39 Å². The molecule has 0 fully saturated rings. The average Bonchev–Trinajstić information content (AvgIpc) is 3.15. The summed E-state index contributed by atoms with van der Waals surface area (Å²) < 4.78 is 29.7. The van der Waals surface area contributed by atoms with Crippen molar-refractivity contribution in [1.82, 2.24) is 9.88 Å². The van der Waals surface area contributed by atoms with Crippen LogP contribution in [0.4, 0.5) is 4.39 Å². The first-order chi connectivity index (χ1) is 13.2. The number of hydrogen-bond acceptors (Lipinski definition) is 5. The van der Waals surface area contributed by atoms with Gasteiger partial charge in [0.1, 0.15) is 5.82 Å².